The maximum atomic E-state index is 11.8. The monoisotopic (exact) mass is 267 g/mol. The first-order valence-electron chi connectivity index (χ1n) is 5.07. The molecule has 0 aliphatic carbocycles. The summed E-state index contributed by atoms with van der Waals surface area (Å²) < 4.78 is 5.62. The van der Waals surface area contributed by atoms with Crippen molar-refractivity contribution in [3.05, 3.63) is 45.7 Å². The second-order valence-electron chi connectivity index (χ2n) is 3.78. The molecule has 0 N–H and O–H groups in total. The smallest absolute Gasteiger partial charge is 0.342 e. The van der Waals surface area contributed by atoms with Gasteiger partial charge in [0, 0.05) is 19.1 Å². The fourth-order valence-electron chi connectivity index (χ4n) is 1.40. The summed E-state index contributed by atoms with van der Waals surface area (Å²) in [4.78, 5) is 24.7. The summed E-state index contributed by atoms with van der Waals surface area (Å²) in [6.07, 6.45) is 0. The first kappa shape index (κ1) is 12.4. The van der Waals surface area contributed by atoms with E-state index in [0.29, 0.717) is 10.7 Å². The maximum Gasteiger partial charge on any atom is 0.446 e. The van der Waals surface area contributed by atoms with Gasteiger partial charge in [-0.2, -0.15) is 0 Å². The standard InChI is InChI=1S/C11H10ClN3O3/c1-14(2)10(16)9-13-18-11(17)15(9)8-5-3-7(12)4-6-8/h3-6H,1-2H3. The van der Waals surface area contributed by atoms with Gasteiger partial charge in [-0.25, -0.2) is 9.36 Å². The van der Waals surface area contributed by atoms with E-state index in [1.165, 1.54) is 4.90 Å². The molecule has 18 heavy (non-hydrogen) atoms. The normalized spacial score (nSPS) is 10.4. The van der Waals surface area contributed by atoms with Crippen LogP contribution >= 0.6 is 11.6 Å². The van der Waals surface area contributed by atoms with Crippen molar-refractivity contribution < 1.29 is 9.32 Å². The average Bonchev–Trinajstić information content (AvgIpc) is 2.71. The van der Waals surface area contributed by atoms with E-state index in [1.807, 2.05) is 0 Å². The predicted octanol–water partition coefficient (Wildman–Crippen LogP) is 1.18. The Morgan fingerprint density at radius 3 is 2.50 bits per heavy atom. The van der Waals surface area contributed by atoms with Crippen molar-refractivity contribution >= 4 is 17.5 Å². The maximum absolute atomic E-state index is 11.8. The van der Waals surface area contributed by atoms with E-state index in [-0.39, 0.29) is 5.82 Å². The van der Waals surface area contributed by atoms with Crippen LogP contribution < -0.4 is 5.76 Å². The molecule has 0 radical (unpaired) electrons. The fourth-order valence-corrected chi connectivity index (χ4v) is 1.53. The predicted molar refractivity (Wildman–Crippen MR) is 65.1 cm³/mol. The molecule has 1 aromatic heterocycles. The topological polar surface area (TPSA) is 68.3 Å². The number of amides is 1. The van der Waals surface area contributed by atoms with Crippen molar-refractivity contribution in [2.75, 3.05) is 14.1 Å². The molecule has 1 amide bonds. The lowest BCUT2D eigenvalue weighted by Crippen LogP contribution is -2.27. The van der Waals surface area contributed by atoms with Crippen molar-refractivity contribution in [3.8, 4) is 5.69 Å². The van der Waals surface area contributed by atoms with Gasteiger partial charge < -0.3 is 4.90 Å². The highest BCUT2D eigenvalue weighted by molar-refractivity contribution is 6.30. The average molecular weight is 268 g/mol. The van der Waals surface area contributed by atoms with Crippen LogP contribution in [0.25, 0.3) is 5.69 Å². The highest BCUT2D eigenvalue weighted by Gasteiger charge is 2.21. The number of nitrogens with zero attached hydrogens (tertiary/aromatic N) is 3. The van der Waals surface area contributed by atoms with Crippen LogP contribution in [0, 0.1) is 0 Å². The minimum atomic E-state index is -0.720. The summed E-state index contributed by atoms with van der Waals surface area (Å²) in [6.45, 7) is 0. The molecular weight excluding hydrogens is 258 g/mol. The van der Waals surface area contributed by atoms with E-state index in [1.54, 1.807) is 38.4 Å². The van der Waals surface area contributed by atoms with Gasteiger partial charge >= 0.3 is 5.76 Å². The third-order valence-corrected chi connectivity index (χ3v) is 2.54. The molecule has 0 unspecified atom stereocenters. The van der Waals surface area contributed by atoms with Crippen LogP contribution in [-0.2, 0) is 0 Å². The Balaban J connectivity index is 2.57. The lowest BCUT2D eigenvalue weighted by Gasteiger charge is -2.09. The molecule has 0 aliphatic heterocycles. The van der Waals surface area contributed by atoms with Crippen LogP contribution in [0.5, 0.6) is 0 Å². The molecule has 94 valence electrons. The molecule has 2 aromatic rings. The summed E-state index contributed by atoms with van der Waals surface area (Å²) in [6, 6.07) is 6.43. The number of hydrogen-bond acceptors (Lipinski definition) is 4. The number of benzene rings is 1. The molecule has 6 nitrogen and oxygen atoms in total. The third kappa shape index (κ3) is 2.14. The van der Waals surface area contributed by atoms with E-state index in [4.69, 9.17) is 11.6 Å². The number of carbonyl (C=O) groups is 1. The van der Waals surface area contributed by atoms with Crippen LogP contribution in [0.1, 0.15) is 10.6 Å². The molecule has 1 aromatic carbocycles. The Hall–Kier alpha value is -2.08. The quantitative estimate of drug-likeness (QED) is 0.819. The zero-order valence-electron chi connectivity index (χ0n) is 9.75. The van der Waals surface area contributed by atoms with E-state index in [0.717, 1.165) is 4.57 Å². The van der Waals surface area contributed by atoms with Crippen molar-refractivity contribution in [2.24, 2.45) is 0 Å². The molecule has 0 spiro atoms. The molecule has 1 heterocycles. The Labute approximate surface area is 107 Å². The lowest BCUT2D eigenvalue weighted by atomic mass is 10.3. The van der Waals surface area contributed by atoms with E-state index in [9.17, 15) is 9.59 Å². The first-order valence-corrected chi connectivity index (χ1v) is 5.45. The highest BCUT2D eigenvalue weighted by Crippen LogP contribution is 2.13. The number of hydrogen-bond donors (Lipinski definition) is 0. The molecule has 0 fully saturated rings. The van der Waals surface area contributed by atoms with E-state index < -0.39 is 11.7 Å². The zero-order valence-corrected chi connectivity index (χ0v) is 10.5. The largest absolute Gasteiger partial charge is 0.446 e. The van der Waals surface area contributed by atoms with Crippen molar-refractivity contribution in [1.29, 1.82) is 0 Å². The van der Waals surface area contributed by atoms with E-state index >= 15 is 0 Å². The second-order valence-corrected chi connectivity index (χ2v) is 4.22. The molecule has 0 saturated carbocycles. The molecule has 0 aliphatic rings. The molecule has 7 heteroatoms. The molecule has 0 saturated heterocycles. The summed E-state index contributed by atoms with van der Waals surface area (Å²) in [5, 5.41) is 4.02. The molecule has 0 bridgehead atoms. The van der Waals surface area contributed by atoms with Gasteiger partial charge in [-0.05, 0) is 29.4 Å². The van der Waals surface area contributed by atoms with Gasteiger partial charge in [0.2, 0.25) is 5.82 Å². The number of rotatable bonds is 2. The van der Waals surface area contributed by atoms with Crippen molar-refractivity contribution in [2.45, 2.75) is 0 Å². The number of aromatic nitrogens is 2. The van der Waals surface area contributed by atoms with Crippen molar-refractivity contribution in [1.82, 2.24) is 14.6 Å². The summed E-state index contributed by atoms with van der Waals surface area (Å²) >= 11 is 5.76. The number of carbonyl (C=O) groups excluding carboxylic acids is 1. The Kier molecular flexibility index (Phi) is 3.20. The highest BCUT2D eigenvalue weighted by atomic mass is 35.5. The second kappa shape index (κ2) is 4.66. The Bertz CT molecular complexity index is 628. The number of halogens is 1. The lowest BCUT2D eigenvalue weighted by molar-refractivity contribution is 0.0810. The minimum absolute atomic E-state index is 0.0766. The summed E-state index contributed by atoms with van der Waals surface area (Å²) in [7, 11) is 3.13. The SMILES string of the molecule is CN(C)C(=O)c1noc(=O)n1-c1ccc(Cl)cc1. The Morgan fingerprint density at radius 2 is 1.94 bits per heavy atom. The van der Waals surface area contributed by atoms with E-state index in [2.05, 4.69) is 9.68 Å². The fraction of sp³-hybridized carbons (Fsp3) is 0.182. The van der Waals surface area contributed by atoms with Gasteiger partial charge in [0.1, 0.15) is 0 Å². The van der Waals surface area contributed by atoms with Crippen LogP contribution in [0.4, 0.5) is 0 Å². The zero-order chi connectivity index (χ0) is 13.3. The summed E-state index contributed by atoms with van der Waals surface area (Å²) in [5.74, 6) is -1.22. The van der Waals surface area contributed by atoms with Crippen molar-refractivity contribution in [3.63, 3.8) is 0 Å². The van der Waals surface area contributed by atoms with Crippen LogP contribution in [0.3, 0.4) is 0 Å². The van der Waals surface area contributed by atoms with Gasteiger partial charge in [0.15, 0.2) is 0 Å². The molecular formula is C11H10ClN3O3. The first-order chi connectivity index (χ1) is 8.50. The minimum Gasteiger partial charge on any atom is -0.342 e. The molecule has 2 rings (SSSR count). The van der Waals surface area contributed by atoms with Crippen LogP contribution in [0.2, 0.25) is 5.02 Å². The van der Waals surface area contributed by atoms with Gasteiger partial charge in [-0.3, -0.25) is 9.32 Å². The van der Waals surface area contributed by atoms with Gasteiger partial charge in [-0.1, -0.05) is 11.6 Å². The van der Waals surface area contributed by atoms with Crippen LogP contribution in [-0.4, -0.2) is 34.6 Å². The van der Waals surface area contributed by atoms with Gasteiger partial charge in [0.25, 0.3) is 5.91 Å². The van der Waals surface area contributed by atoms with Crippen LogP contribution in [0.15, 0.2) is 33.6 Å². The molecule has 0 atom stereocenters. The Morgan fingerprint density at radius 1 is 1.33 bits per heavy atom. The summed E-state index contributed by atoms with van der Waals surface area (Å²) in [5.41, 5.74) is 0.468. The third-order valence-electron chi connectivity index (χ3n) is 2.29. The van der Waals surface area contributed by atoms with Gasteiger partial charge in [0.05, 0.1) is 5.69 Å². The van der Waals surface area contributed by atoms with Gasteiger partial charge in [-0.15, -0.1) is 0 Å².